The number of benzene rings is 2. The molecular weight excluding hydrogens is 352 g/mol. The average molecular weight is 376 g/mol. The molecule has 28 heavy (non-hydrogen) atoms. The number of para-hydroxylation sites is 2. The molecule has 2 amide bonds. The lowest BCUT2D eigenvalue weighted by Crippen LogP contribution is -2.33. The number of aromatic nitrogens is 2. The van der Waals surface area contributed by atoms with Gasteiger partial charge in [-0.1, -0.05) is 55.8 Å². The van der Waals surface area contributed by atoms with Crippen molar-refractivity contribution < 1.29 is 9.59 Å². The summed E-state index contributed by atoms with van der Waals surface area (Å²) in [6.45, 7) is 3.18. The molecule has 0 bridgehead atoms. The van der Waals surface area contributed by atoms with Gasteiger partial charge in [-0.05, 0) is 24.1 Å². The van der Waals surface area contributed by atoms with Crippen LogP contribution in [0.25, 0.3) is 11.0 Å². The Morgan fingerprint density at radius 2 is 1.86 bits per heavy atom. The standard InChI is InChI=1S/C22H24N4O2/c1-2-3-13-25-21(28)19(14-20(27)23-15-16-9-5-4-6-10-16)26-18-12-8-7-11-17(18)24-22(25)26/h4-12,19H,2-3,13-15H2,1H3,(H,23,27)/t19-/m1/s1. The van der Waals surface area contributed by atoms with Crippen molar-refractivity contribution in [2.24, 2.45) is 0 Å². The highest BCUT2D eigenvalue weighted by atomic mass is 16.2. The van der Waals surface area contributed by atoms with Crippen LogP contribution in [-0.4, -0.2) is 27.9 Å². The molecule has 0 unspecified atom stereocenters. The van der Waals surface area contributed by atoms with Gasteiger partial charge in [-0.15, -0.1) is 0 Å². The summed E-state index contributed by atoms with van der Waals surface area (Å²) < 4.78 is 1.93. The number of carbonyl (C=O) groups is 2. The summed E-state index contributed by atoms with van der Waals surface area (Å²) in [7, 11) is 0. The molecule has 4 rings (SSSR count). The molecule has 144 valence electrons. The van der Waals surface area contributed by atoms with Crippen LogP contribution >= 0.6 is 0 Å². The Morgan fingerprint density at radius 3 is 2.64 bits per heavy atom. The van der Waals surface area contributed by atoms with E-state index in [1.807, 2.05) is 59.2 Å². The number of carbonyl (C=O) groups excluding carboxylic acids is 2. The van der Waals surface area contributed by atoms with Crippen molar-refractivity contribution in [1.82, 2.24) is 14.9 Å². The average Bonchev–Trinajstić information content (AvgIpc) is 3.21. The van der Waals surface area contributed by atoms with Crippen LogP contribution in [0.1, 0.15) is 37.8 Å². The fraction of sp³-hybridized carbons (Fsp3) is 0.318. The van der Waals surface area contributed by atoms with Crippen LogP contribution in [0.4, 0.5) is 5.95 Å². The highest BCUT2D eigenvalue weighted by Crippen LogP contribution is 2.36. The van der Waals surface area contributed by atoms with Crippen molar-refractivity contribution in [2.45, 2.75) is 38.8 Å². The number of imidazole rings is 1. The minimum Gasteiger partial charge on any atom is -0.352 e. The molecular formula is C22H24N4O2. The van der Waals surface area contributed by atoms with Crippen molar-refractivity contribution in [3.8, 4) is 0 Å². The largest absolute Gasteiger partial charge is 0.352 e. The van der Waals surface area contributed by atoms with Gasteiger partial charge in [0, 0.05) is 13.1 Å². The van der Waals surface area contributed by atoms with Gasteiger partial charge in [0.1, 0.15) is 6.04 Å². The Kier molecular flexibility index (Phi) is 5.10. The highest BCUT2D eigenvalue weighted by Gasteiger charge is 2.40. The van der Waals surface area contributed by atoms with Gasteiger partial charge in [-0.2, -0.15) is 0 Å². The number of anilines is 1. The number of hydrogen-bond acceptors (Lipinski definition) is 3. The van der Waals surface area contributed by atoms with Crippen LogP contribution in [0, 0.1) is 0 Å². The predicted octanol–water partition coefficient (Wildman–Crippen LogP) is 3.43. The fourth-order valence-corrected chi connectivity index (χ4v) is 3.67. The predicted molar refractivity (Wildman–Crippen MR) is 109 cm³/mol. The van der Waals surface area contributed by atoms with E-state index in [-0.39, 0.29) is 18.2 Å². The van der Waals surface area contributed by atoms with Gasteiger partial charge in [0.25, 0.3) is 5.91 Å². The minimum absolute atomic E-state index is 0.0448. The van der Waals surface area contributed by atoms with Crippen molar-refractivity contribution >= 4 is 28.8 Å². The van der Waals surface area contributed by atoms with Crippen molar-refractivity contribution in [3.63, 3.8) is 0 Å². The summed E-state index contributed by atoms with van der Waals surface area (Å²) in [6.07, 6.45) is 2.01. The normalized spacial score (nSPS) is 15.8. The Labute approximate surface area is 164 Å². The number of nitrogens with one attached hydrogen (secondary N) is 1. The van der Waals surface area contributed by atoms with E-state index >= 15 is 0 Å². The summed E-state index contributed by atoms with van der Waals surface area (Å²) in [5.41, 5.74) is 2.78. The fourth-order valence-electron chi connectivity index (χ4n) is 3.67. The van der Waals surface area contributed by atoms with Gasteiger partial charge in [0.2, 0.25) is 11.9 Å². The zero-order chi connectivity index (χ0) is 19.5. The number of amides is 2. The first kappa shape index (κ1) is 18.2. The maximum Gasteiger partial charge on any atom is 0.253 e. The van der Waals surface area contributed by atoms with E-state index < -0.39 is 6.04 Å². The van der Waals surface area contributed by atoms with Crippen LogP contribution in [0.5, 0.6) is 0 Å². The molecule has 1 aromatic heterocycles. The quantitative estimate of drug-likeness (QED) is 0.687. The summed E-state index contributed by atoms with van der Waals surface area (Å²) >= 11 is 0. The Hall–Kier alpha value is -3.15. The van der Waals surface area contributed by atoms with Crippen LogP contribution in [0.3, 0.4) is 0 Å². The molecule has 1 aliphatic heterocycles. The monoisotopic (exact) mass is 376 g/mol. The molecule has 0 fully saturated rings. The number of fused-ring (bicyclic) bond motifs is 3. The number of rotatable bonds is 7. The molecule has 3 aromatic rings. The van der Waals surface area contributed by atoms with E-state index in [0.717, 1.165) is 29.4 Å². The van der Waals surface area contributed by atoms with Crippen molar-refractivity contribution in [1.29, 1.82) is 0 Å². The second-order valence-corrected chi connectivity index (χ2v) is 7.10. The summed E-state index contributed by atoms with van der Waals surface area (Å²) in [6, 6.07) is 17.0. The van der Waals surface area contributed by atoms with E-state index in [0.29, 0.717) is 19.0 Å². The Bertz CT molecular complexity index is 996. The maximum absolute atomic E-state index is 13.1. The number of hydrogen-bond donors (Lipinski definition) is 1. The first-order valence-corrected chi connectivity index (χ1v) is 9.78. The molecule has 6 heteroatoms. The zero-order valence-electron chi connectivity index (χ0n) is 16.0. The lowest BCUT2D eigenvalue weighted by atomic mass is 10.1. The van der Waals surface area contributed by atoms with E-state index in [1.54, 1.807) is 4.90 Å². The van der Waals surface area contributed by atoms with Crippen LogP contribution in [-0.2, 0) is 16.1 Å². The third kappa shape index (κ3) is 3.38. The molecule has 0 aliphatic carbocycles. The van der Waals surface area contributed by atoms with Gasteiger partial charge in [-0.3, -0.25) is 19.1 Å². The van der Waals surface area contributed by atoms with Crippen molar-refractivity contribution in [2.75, 3.05) is 11.4 Å². The van der Waals surface area contributed by atoms with Gasteiger partial charge < -0.3 is 5.32 Å². The molecule has 6 nitrogen and oxygen atoms in total. The summed E-state index contributed by atoms with van der Waals surface area (Å²) in [4.78, 5) is 32.1. The van der Waals surface area contributed by atoms with Gasteiger partial charge >= 0.3 is 0 Å². The number of nitrogens with zero attached hydrogens (tertiary/aromatic N) is 3. The maximum atomic E-state index is 13.1. The molecule has 1 N–H and O–H groups in total. The molecule has 2 heterocycles. The van der Waals surface area contributed by atoms with Crippen molar-refractivity contribution in [3.05, 3.63) is 60.2 Å². The lowest BCUT2D eigenvalue weighted by Gasteiger charge is -2.15. The van der Waals surface area contributed by atoms with E-state index in [2.05, 4.69) is 17.2 Å². The first-order chi connectivity index (χ1) is 13.7. The summed E-state index contributed by atoms with van der Waals surface area (Å²) in [5.74, 6) is 0.473. The van der Waals surface area contributed by atoms with Crippen LogP contribution < -0.4 is 10.2 Å². The van der Waals surface area contributed by atoms with E-state index in [1.165, 1.54) is 0 Å². The molecule has 1 aliphatic rings. The van der Waals surface area contributed by atoms with Crippen LogP contribution in [0.15, 0.2) is 54.6 Å². The molecule has 0 saturated carbocycles. The summed E-state index contributed by atoms with van der Waals surface area (Å²) in [5, 5.41) is 2.93. The minimum atomic E-state index is -0.546. The van der Waals surface area contributed by atoms with Crippen LogP contribution in [0.2, 0.25) is 0 Å². The third-order valence-corrected chi connectivity index (χ3v) is 5.13. The SMILES string of the molecule is CCCCN1C(=O)[C@@H](CC(=O)NCc2ccccc2)n2c1nc1ccccc12. The second kappa shape index (κ2) is 7.84. The smallest absolute Gasteiger partial charge is 0.253 e. The molecule has 0 spiro atoms. The van der Waals surface area contributed by atoms with E-state index in [9.17, 15) is 9.59 Å². The molecule has 2 aromatic carbocycles. The third-order valence-electron chi connectivity index (χ3n) is 5.13. The second-order valence-electron chi connectivity index (χ2n) is 7.10. The van der Waals surface area contributed by atoms with Gasteiger partial charge in [-0.25, -0.2) is 4.98 Å². The molecule has 0 radical (unpaired) electrons. The topological polar surface area (TPSA) is 67.2 Å². The molecule has 1 atom stereocenters. The molecule has 0 saturated heterocycles. The highest BCUT2D eigenvalue weighted by molar-refractivity contribution is 6.03. The Balaban J connectivity index is 1.56. The van der Waals surface area contributed by atoms with Gasteiger partial charge in [0.05, 0.1) is 17.5 Å². The lowest BCUT2D eigenvalue weighted by molar-refractivity contribution is -0.127. The Morgan fingerprint density at radius 1 is 1.11 bits per heavy atom. The zero-order valence-corrected chi connectivity index (χ0v) is 16.0. The van der Waals surface area contributed by atoms with Gasteiger partial charge in [0.15, 0.2) is 0 Å². The first-order valence-electron chi connectivity index (χ1n) is 9.78. The number of unbranched alkanes of at least 4 members (excludes halogenated alkanes) is 1. The van der Waals surface area contributed by atoms with E-state index in [4.69, 9.17) is 0 Å².